The van der Waals surface area contributed by atoms with Crippen LogP contribution in [0.4, 0.5) is 9.05 Å². The molecular weight excluding hydrogens is 481 g/mol. The molecule has 0 bridgehead atoms. The van der Waals surface area contributed by atoms with E-state index >= 15 is 0 Å². The zero-order valence-corrected chi connectivity index (χ0v) is 18.6. The lowest BCUT2D eigenvalue weighted by Gasteiger charge is -2.10. The summed E-state index contributed by atoms with van der Waals surface area (Å²) in [6.07, 6.45) is -0.498. The third kappa shape index (κ3) is 6.24. The minimum atomic E-state index is -4.40. The van der Waals surface area contributed by atoms with Gasteiger partial charge >= 0.3 is 7.60 Å². The Labute approximate surface area is 180 Å². The number of benzene rings is 3. The van der Waals surface area contributed by atoms with Gasteiger partial charge in [0.15, 0.2) is 0 Å². The van der Waals surface area contributed by atoms with Gasteiger partial charge in [0.2, 0.25) is 0 Å². The molecule has 0 aliphatic rings. The van der Waals surface area contributed by atoms with E-state index in [4.69, 9.17) is 0 Å². The molecule has 0 amide bonds. The molecule has 152 valence electrons. The standard InChI is InChI=1S/C21H18BrF2O3PS/c22-21-12-17(8-11-20(21)13-28(25,26-23)27-24)15-29-14-16-6-9-19(10-7-16)18-4-2-1-3-5-18/h1-12H,13-15H2. The molecular formula is C21H18BrF2O3PS. The van der Waals surface area contributed by atoms with E-state index in [1.807, 2.05) is 30.3 Å². The minimum Gasteiger partial charge on any atom is -0.254 e. The number of rotatable bonds is 9. The maximum Gasteiger partial charge on any atom is 0.399 e. The van der Waals surface area contributed by atoms with Crippen molar-refractivity contribution in [1.29, 1.82) is 0 Å². The second kappa shape index (κ2) is 10.5. The molecule has 0 saturated carbocycles. The smallest absolute Gasteiger partial charge is 0.254 e. The maximum absolute atomic E-state index is 12.2. The van der Waals surface area contributed by atoms with E-state index in [1.165, 1.54) is 16.7 Å². The molecule has 0 aliphatic heterocycles. The van der Waals surface area contributed by atoms with Crippen molar-refractivity contribution in [3.63, 3.8) is 0 Å². The molecule has 3 aromatic rings. The van der Waals surface area contributed by atoms with Crippen molar-refractivity contribution >= 4 is 35.3 Å². The van der Waals surface area contributed by atoms with Gasteiger partial charge in [-0.15, -0.1) is 9.46 Å². The van der Waals surface area contributed by atoms with Crippen molar-refractivity contribution in [3.8, 4) is 11.1 Å². The van der Waals surface area contributed by atoms with Crippen molar-refractivity contribution in [2.45, 2.75) is 17.7 Å². The lowest BCUT2D eigenvalue weighted by molar-refractivity contribution is -0.0881. The summed E-state index contributed by atoms with van der Waals surface area (Å²) in [5, 5.41) is 0. The highest BCUT2D eigenvalue weighted by atomic mass is 79.9. The van der Waals surface area contributed by atoms with Crippen LogP contribution in [0.3, 0.4) is 0 Å². The van der Waals surface area contributed by atoms with Crippen LogP contribution in [-0.2, 0) is 31.7 Å². The molecule has 0 fully saturated rings. The van der Waals surface area contributed by atoms with Gasteiger partial charge in [-0.25, -0.2) is 0 Å². The summed E-state index contributed by atoms with van der Waals surface area (Å²) in [5.74, 6) is 1.62. The predicted octanol–water partition coefficient (Wildman–Crippen LogP) is 8.04. The van der Waals surface area contributed by atoms with E-state index in [-0.39, 0.29) is 0 Å². The van der Waals surface area contributed by atoms with Gasteiger partial charge in [0.25, 0.3) is 0 Å². The Morgan fingerprint density at radius 3 is 2.03 bits per heavy atom. The first-order valence-electron chi connectivity index (χ1n) is 8.72. The van der Waals surface area contributed by atoms with Crippen molar-refractivity contribution < 1.29 is 23.1 Å². The number of thioether (sulfide) groups is 1. The van der Waals surface area contributed by atoms with Crippen LogP contribution < -0.4 is 0 Å². The SMILES string of the molecule is O=P(Cc1ccc(CSCc2ccc(-c3ccccc3)cc2)cc1Br)(OF)OF. The van der Waals surface area contributed by atoms with Crippen LogP contribution in [0.5, 0.6) is 0 Å². The van der Waals surface area contributed by atoms with Gasteiger partial charge < -0.3 is 0 Å². The summed E-state index contributed by atoms with van der Waals surface area (Å²) in [7, 11) is -4.40. The molecule has 0 N–H and O–H groups in total. The normalized spacial score (nSPS) is 11.6. The molecule has 0 aromatic heterocycles. The number of hydrogen-bond acceptors (Lipinski definition) is 4. The first kappa shape index (κ1) is 22.2. The van der Waals surface area contributed by atoms with Crippen LogP contribution in [-0.4, -0.2) is 0 Å². The van der Waals surface area contributed by atoms with Crippen molar-refractivity contribution in [2.75, 3.05) is 0 Å². The van der Waals surface area contributed by atoms with E-state index in [2.05, 4.69) is 61.8 Å². The third-order valence-corrected chi connectivity index (χ3v) is 7.25. The maximum atomic E-state index is 12.2. The Balaban J connectivity index is 1.55. The van der Waals surface area contributed by atoms with Crippen molar-refractivity contribution in [2.24, 2.45) is 0 Å². The molecule has 8 heteroatoms. The average Bonchev–Trinajstić information content (AvgIpc) is 2.76. The largest absolute Gasteiger partial charge is 0.399 e. The summed E-state index contributed by atoms with van der Waals surface area (Å²) in [6, 6.07) is 24.0. The Kier molecular flexibility index (Phi) is 8.04. The fourth-order valence-electron chi connectivity index (χ4n) is 2.79. The van der Waals surface area contributed by atoms with Gasteiger partial charge in [-0.2, -0.15) is 11.8 Å². The van der Waals surface area contributed by atoms with Crippen LogP contribution in [0, 0.1) is 0 Å². The highest BCUT2D eigenvalue weighted by Crippen LogP contribution is 2.53. The van der Waals surface area contributed by atoms with Gasteiger partial charge in [-0.1, -0.05) is 82.7 Å². The topological polar surface area (TPSA) is 35.5 Å². The van der Waals surface area contributed by atoms with E-state index in [9.17, 15) is 13.6 Å². The molecule has 0 radical (unpaired) electrons. The van der Waals surface area contributed by atoms with Crippen LogP contribution >= 0.6 is 35.3 Å². The lowest BCUT2D eigenvalue weighted by atomic mass is 10.0. The van der Waals surface area contributed by atoms with E-state index in [0.29, 0.717) is 10.0 Å². The van der Waals surface area contributed by atoms with Gasteiger partial charge in [0.05, 0.1) is 6.16 Å². The van der Waals surface area contributed by atoms with Gasteiger partial charge in [0, 0.05) is 16.0 Å². The summed E-state index contributed by atoms with van der Waals surface area (Å²) < 4.78 is 43.0. The monoisotopic (exact) mass is 498 g/mol. The third-order valence-electron chi connectivity index (χ3n) is 4.29. The van der Waals surface area contributed by atoms with Crippen LogP contribution in [0.15, 0.2) is 77.3 Å². The highest BCUT2D eigenvalue weighted by molar-refractivity contribution is 9.10. The molecule has 3 nitrogen and oxygen atoms in total. The molecule has 0 heterocycles. The summed E-state index contributed by atoms with van der Waals surface area (Å²) in [5.41, 5.74) is 5.08. The minimum absolute atomic E-state index is 0.439. The number of halogens is 3. The molecule has 0 aliphatic carbocycles. The van der Waals surface area contributed by atoms with E-state index in [1.54, 1.807) is 17.8 Å². The fraction of sp³-hybridized carbons (Fsp3) is 0.143. The van der Waals surface area contributed by atoms with Crippen LogP contribution in [0.1, 0.15) is 16.7 Å². The second-order valence-electron chi connectivity index (χ2n) is 6.39. The molecule has 0 saturated heterocycles. The molecule has 3 aromatic carbocycles. The first-order valence-corrected chi connectivity index (χ1v) is 12.4. The quantitative estimate of drug-likeness (QED) is 0.279. The predicted molar refractivity (Wildman–Crippen MR) is 117 cm³/mol. The molecule has 29 heavy (non-hydrogen) atoms. The van der Waals surface area contributed by atoms with Gasteiger partial charge in [-0.05, 0) is 42.9 Å². The fourth-order valence-corrected chi connectivity index (χ4v) is 5.33. The summed E-state index contributed by atoms with van der Waals surface area (Å²) in [6.45, 7) is 0. The first-order chi connectivity index (χ1) is 14.0. The second-order valence-corrected chi connectivity index (χ2v) is 10.0. The average molecular weight is 499 g/mol. The Morgan fingerprint density at radius 2 is 1.41 bits per heavy atom. The van der Waals surface area contributed by atoms with Crippen molar-refractivity contribution in [3.05, 3.63) is 94.0 Å². The summed E-state index contributed by atoms with van der Waals surface area (Å²) >= 11 is 5.09. The Hall–Kier alpha value is -1.50. The zero-order chi connectivity index (χ0) is 20.7. The van der Waals surface area contributed by atoms with Crippen LogP contribution in [0.25, 0.3) is 11.1 Å². The van der Waals surface area contributed by atoms with Crippen LogP contribution in [0.2, 0.25) is 0 Å². The Bertz CT molecular complexity index is 979. The number of hydrogen-bond donors (Lipinski definition) is 0. The molecule has 0 atom stereocenters. The lowest BCUT2D eigenvalue weighted by Crippen LogP contribution is -1.93. The highest BCUT2D eigenvalue weighted by Gasteiger charge is 2.29. The van der Waals surface area contributed by atoms with Crippen molar-refractivity contribution in [1.82, 2.24) is 0 Å². The van der Waals surface area contributed by atoms with Gasteiger partial charge in [0.1, 0.15) is 0 Å². The zero-order valence-electron chi connectivity index (χ0n) is 15.3. The molecule has 3 rings (SSSR count). The van der Waals surface area contributed by atoms with Gasteiger partial charge in [-0.3, -0.25) is 4.57 Å². The van der Waals surface area contributed by atoms with E-state index in [0.717, 1.165) is 17.1 Å². The molecule has 0 spiro atoms. The molecule has 0 unspecified atom stereocenters. The van der Waals surface area contributed by atoms with E-state index < -0.39 is 13.8 Å². The Morgan fingerprint density at radius 1 is 0.828 bits per heavy atom. The summed E-state index contributed by atoms with van der Waals surface area (Å²) in [4.78, 5) is 0.